The van der Waals surface area contributed by atoms with Gasteiger partial charge in [-0.05, 0) is 48.5 Å². The zero-order valence-electron chi connectivity index (χ0n) is 17.5. The molecule has 168 valence electrons. The summed E-state index contributed by atoms with van der Waals surface area (Å²) in [5, 5.41) is 4.68. The van der Waals surface area contributed by atoms with E-state index in [0.29, 0.717) is 27.5 Å². The van der Waals surface area contributed by atoms with Crippen LogP contribution < -0.4 is 5.32 Å². The van der Waals surface area contributed by atoms with Crippen LogP contribution in [0.1, 0.15) is 10.4 Å². The number of aromatic nitrogens is 2. The topological polar surface area (TPSA) is 94.3 Å². The molecule has 9 heteroatoms. The van der Waals surface area contributed by atoms with Crippen molar-refractivity contribution in [3.05, 3.63) is 89.6 Å². The smallest absolute Gasteiger partial charge is 0.339 e. The van der Waals surface area contributed by atoms with Crippen LogP contribution in [0.15, 0.2) is 82.6 Å². The third kappa shape index (κ3) is 4.55. The second kappa shape index (κ2) is 9.24. The monoisotopic (exact) mass is 473 g/mol. The Kier molecular flexibility index (Phi) is 5.84. The van der Waals surface area contributed by atoms with E-state index in [1.54, 1.807) is 47.8 Å². The lowest BCUT2D eigenvalue weighted by atomic mass is 10.1. The molecule has 2 aromatic heterocycles. The second-order valence-corrected chi connectivity index (χ2v) is 8.06. The molecule has 3 aromatic carbocycles. The van der Waals surface area contributed by atoms with Crippen molar-refractivity contribution >= 4 is 39.4 Å². The largest absolute Gasteiger partial charge is 0.452 e. The van der Waals surface area contributed by atoms with Gasteiger partial charge in [0.25, 0.3) is 5.91 Å². The summed E-state index contributed by atoms with van der Waals surface area (Å²) in [5.74, 6) is -1.27. The number of rotatable bonds is 6. The van der Waals surface area contributed by atoms with Crippen LogP contribution in [0.3, 0.4) is 0 Å². The van der Waals surface area contributed by atoms with Gasteiger partial charge >= 0.3 is 5.97 Å². The zero-order valence-corrected chi connectivity index (χ0v) is 18.3. The molecule has 7 nitrogen and oxygen atoms in total. The third-order valence-corrected chi connectivity index (χ3v) is 5.65. The Morgan fingerprint density at radius 2 is 1.74 bits per heavy atom. The van der Waals surface area contributed by atoms with Gasteiger partial charge in [-0.1, -0.05) is 24.3 Å². The number of nitrogens with zero attached hydrogens (tertiary/aromatic N) is 2. The van der Waals surface area contributed by atoms with Crippen LogP contribution in [0, 0.1) is 5.82 Å². The Bertz CT molecular complexity index is 1460. The average molecular weight is 473 g/mol. The predicted octanol–water partition coefficient (Wildman–Crippen LogP) is 5.55. The molecule has 5 rings (SSSR count). The van der Waals surface area contributed by atoms with Crippen molar-refractivity contribution in [3.63, 3.8) is 0 Å². The average Bonchev–Trinajstić information content (AvgIpc) is 3.50. The fourth-order valence-electron chi connectivity index (χ4n) is 3.28. The maximum Gasteiger partial charge on any atom is 0.339 e. The van der Waals surface area contributed by atoms with Gasteiger partial charge in [-0.2, -0.15) is 0 Å². The second-order valence-electron chi connectivity index (χ2n) is 7.20. The number of hydrogen-bond donors (Lipinski definition) is 1. The number of halogens is 1. The molecule has 0 fully saturated rings. The first kappa shape index (κ1) is 21.5. The van der Waals surface area contributed by atoms with Crippen LogP contribution >= 0.6 is 11.3 Å². The summed E-state index contributed by atoms with van der Waals surface area (Å²) >= 11 is 1.21. The van der Waals surface area contributed by atoms with Crippen LogP contribution in [0.2, 0.25) is 0 Å². The van der Waals surface area contributed by atoms with E-state index in [9.17, 15) is 14.0 Å². The Labute approximate surface area is 196 Å². The molecule has 0 saturated heterocycles. The first-order valence-corrected chi connectivity index (χ1v) is 11.1. The quantitative estimate of drug-likeness (QED) is 0.325. The van der Waals surface area contributed by atoms with Gasteiger partial charge in [0.15, 0.2) is 17.3 Å². The lowest BCUT2D eigenvalue weighted by molar-refractivity contribution is -0.119. The van der Waals surface area contributed by atoms with Crippen molar-refractivity contribution in [3.8, 4) is 22.7 Å². The normalized spacial score (nSPS) is 10.9. The molecule has 0 bridgehead atoms. The van der Waals surface area contributed by atoms with Crippen molar-refractivity contribution in [1.82, 2.24) is 9.97 Å². The van der Waals surface area contributed by atoms with Crippen LogP contribution in [0.4, 0.5) is 9.52 Å². The number of amides is 1. The number of oxazole rings is 1. The summed E-state index contributed by atoms with van der Waals surface area (Å²) in [4.78, 5) is 33.8. The van der Waals surface area contributed by atoms with E-state index in [2.05, 4.69) is 15.3 Å². The first-order chi connectivity index (χ1) is 16.6. The number of anilines is 1. The molecule has 1 N–H and O–H groups in total. The number of benzene rings is 3. The molecule has 1 amide bonds. The van der Waals surface area contributed by atoms with E-state index < -0.39 is 18.5 Å². The number of carbonyl (C=O) groups is 2. The van der Waals surface area contributed by atoms with Crippen molar-refractivity contribution < 1.29 is 23.1 Å². The van der Waals surface area contributed by atoms with E-state index in [0.717, 1.165) is 5.56 Å². The van der Waals surface area contributed by atoms with Crippen molar-refractivity contribution in [1.29, 1.82) is 0 Å². The maximum absolute atomic E-state index is 13.1. The molecule has 34 heavy (non-hydrogen) atoms. The van der Waals surface area contributed by atoms with Crippen LogP contribution in [0.5, 0.6) is 0 Å². The molecular formula is C25H16FN3O4S. The lowest BCUT2D eigenvalue weighted by Gasteiger charge is -2.07. The van der Waals surface area contributed by atoms with E-state index in [-0.39, 0.29) is 17.3 Å². The summed E-state index contributed by atoms with van der Waals surface area (Å²) in [6, 6.07) is 19.9. The summed E-state index contributed by atoms with van der Waals surface area (Å²) in [7, 11) is 0. The molecule has 0 unspecified atom stereocenters. The number of thiazole rings is 1. The van der Waals surface area contributed by atoms with Crippen molar-refractivity contribution in [2.75, 3.05) is 11.9 Å². The van der Waals surface area contributed by atoms with Crippen molar-refractivity contribution in [2.24, 2.45) is 0 Å². The van der Waals surface area contributed by atoms with E-state index >= 15 is 0 Å². The minimum Gasteiger partial charge on any atom is -0.452 e. The Morgan fingerprint density at radius 1 is 0.971 bits per heavy atom. The fraction of sp³-hybridized carbons (Fsp3) is 0.0400. The molecule has 0 aliphatic rings. The first-order valence-electron chi connectivity index (χ1n) is 10.2. The van der Waals surface area contributed by atoms with E-state index in [1.807, 2.05) is 18.2 Å². The molecule has 2 heterocycles. The van der Waals surface area contributed by atoms with E-state index in [1.165, 1.54) is 23.5 Å². The summed E-state index contributed by atoms with van der Waals surface area (Å²) in [6.07, 6.45) is 0. The summed E-state index contributed by atoms with van der Waals surface area (Å²) in [5.41, 5.74) is 3.29. The molecular weight excluding hydrogens is 457 g/mol. The number of para-hydroxylation sites is 2. The van der Waals surface area contributed by atoms with Crippen LogP contribution in [-0.4, -0.2) is 28.5 Å². The van der Waals surface area contributed by atoms with Gasteiger partial charge < -0.3 is 9.15 Å². The highest BCUT2D eigenvalue weighted by atomic mass is 32.1. The zero-order chi connectivity index (χ0) is 23.5. The van der Waals surface area contributed by atoms with Gasteiger partial charge in [0.1, 0.15) is 11.3 Å². The highest BCUT2D eigenvalue weighted by Gasteiger charge is 2.19. The van der Waals surface area contributed by atoms with Crippen molar-refractivity contribution in [2.45, 2.75) is 0 Å². The van der Waals surface area contributed by atoms with Gasteiger partial charge in [-0.25, -0.2) is 19.2 Å². The Hall–Kier alpha value is -4.37. The number of hydrogen-bond acceptors (Lipinski definition) is 7. The minimum atomic E-state index is -0.681. The molecule has 0 atom stereocenters. The minimum absolute atomic E-state index is 0.231. The standard InChI is InChI=1S/C25H16FN3O4S/c26-16-11-9-15(10-12-16)20-14-34-25(28-20)29-22(30)13-32-24(31)18-6-2-1-5-17(18)23-27-19-7-3-4-8-21(19)33-23/h1-12,14H,13H2,(H,28,29,30). The predicted molar refractivity (Wildman–Crippen MR) is 126 cm³/mol. The SMILES string of the molecule is O=C(COC(=O)c1ccccc1-c1nc2ccccc2o1)Nc1nc(-c2ccc(F)cc2)cs1. The molecule has 0 saturated carbocycles. The Balaban J connectivity index is 1.24. The van der Waals surface area contributed by atoms with E-state index in [4.69, 9.17) is 9.15 Å². The molecule has 0 spiro atoms. The fourth-order valence-corrected chi connectivity index (χ4v) is 4.02. The number of fused-ring (bicyclic) bond motifs is 1. The van der Waals surface area contributed by atoms with Gasteiger partial charge in [0.05, 0.1) is 16.8 Å². The van der Waals surface area contributed by atoms with Crippen LogP contribution in [-0.2, 0) is 9.53 Å². The van der Waals surface area contributed by atoms with Gasteiger partial charge in [-0.3, -0.25) is 10.1 Å². The molecule has 0 radical (unpaired) electrons. The van der Waals surface area contributed by atoms with Gasteiger partial charge in [0.2, 0.25) is 5.89 Å². The van der Waals surface area contributed by atoms with Gasteiger partial charge in [0, 0.05) is 10.9 Å². The molecule has 0 aliphatic heterocycles. The summed E-state index contributed by atoms with van der Waals surface area (Å²) < 4.78 is 24.1. The molecule has 5 aromatic rings. The highest BCUT2D eigenvalue weighted by Crippen LogP contribution is 2.28. The highest BCUT2D eigenvalue weighted by molar-refractivity contribution is 7.14. The summed E-state index contributed by atoms with van der Waals surface area (Å²) in [6.45, 7) is -0.494. The van der Waals surface area contributed by atoms with Gasteiger partial charge in [-0.15, -0.1) is 11.3 Å². The molecule has 0 aliphatic carbocycles. The third-order valence-electron chi connectivity index (χ3n) is 4.90. The number of esters is 1. The van der Waals surface area contributed by atoms with Crippen LogP contribution in [0.25, 0.3) is 33.8 Å². The Morgan fingerprint density at radius 3 is 2.56 bits per heavy atom. The number of nitrogens with one attached hydrogen (secondary N) is 1. The number of carbonyl (C=O) groups excluding carboxylic acids is 2. The lowest BCUT2D eigenvalue weighted by Crippen LogP contribution is -2.21. The maximum atomic E-state index is 13.1. The number of ether oxygens (including phenoxy) is 1.